The van der Waals surface area contributed by atoms with Crippen molar-refractivity contribution in [3.05, 3.63) is 115 Å². The normalized spacial score (nSPS) is 16.3. The van der Waals surface area contributed by atoms with Crippen LogP contribution in [0.25, 0.3) is 44.2 Å². The predicted octanol–water partition coefficient (Wildman–Crippen LogP) is 8.14. The number of rotatable bonds is 4. The van der Waals surface area contributed by atoms with Crippen molar-refractivity contribution in [2.24, 2.45) is 0 Å². The minimum Gasteiger partial charge on any atom is -0.399 e. The van der Waals surface area contributed by atoms with Crippen molar-refractivity contribution < 1.29 is 9.31 Å². The fourth-order valence-electron chi connectivity index (χ4n) is 5.01. The summed E-state index contributed by atoms with van der Waals surface area (Å²) in [7, 11) is -0.441. The topological polar surface area (TPSA) is 18.5 Å². The first-order valence-electron chi connectivity index (χ1n) is 13.0. The SMILES string of the molecule is CC1(C)OB(c2cc(-c3ccccc3)ccc2-c2ccc(-c3ccc4ccccc4c3)cc2)OC1(C)C. The average molecular weight is 482 g/mol. The van der Waals surface area contributed by atoms with Crippen LogP contribution in [0.1, 0.15) is 27.7 Å². The highest BCUT2D eigenvalue weighted by Crippen LogP contribution is 2.38. The summed E-state index contributed by atoms with van der Waals surface area (Å²) in [6, 6.07) is 41.0. The number of hydrogen-bond donors (Lipinski definition) is 0. The molecule has 182 valence electrons. The average Bonchev–Trinajstić information content (AvgIpc) is 3.15. The molecule has 1 heterocycles. The summed E-state index contributed by atoms with van der Waals surface area (Å²) in [4.78, 5) is 0. The molecule has 0 aromatic heterocycles. The van der Waals surface area contributed by atoms with Crippen LogP contribution < -0.4 is 5.46 Å². The van der Waals surface area contributed by atoms with Crippen molar-refractivity contribution in [2.75, 3.05) is 0 Å². The summed E-state index contributed by atoms with van der Waals surface area (Å²) in [5, 5.41) is 2.51. The van der Waals surface area contributed by atoms with E-state index in [4.69, 9.17) is 9.31 Å². The Bertz CT molecular complexity index is 1550. The van der Waals surface area contributed by atoms with Gasteiger partial charge in [-0.2, -0.15) is 0 Å². The van der Waals surface area contributed by atoms with Gasteiger partial charge >= 0.3 is 7.12 Å². The molecule has 1 saturated heterocycles. The molecule has 1 fully saturated rings. The fraction of sp³-hybridized carbons (Fsp3) is 0.176. The Morgan fingerprint density at radius 3 is 1.68 bits per heavy atom. The lowest BCUT2D eigenvalue weighted by Gasteiger charge is -2.32. The van der Waals surface area contributed by atoms with E-state index < -0.39 is 18.3 Å². The maximum Gasteiger partial charge on any atom is 0.495 e. The Balaban J connectivity index is 1.41. The van der Waals surface area contributed by atoms with E-state index in [-0.39, 0.29) is 0 Å². The summed E-state index contributed by atoms with van der Waals surface area (Å²) in [6.45, 7) is 8.41. The zero-order valence-electron chi connectivity index (χ0n) is 21.9. The molecule has 3 heteroatoms. The Kier molecular flexibility index (Phi) is 5.79. The molecule has 0 N–H and O–H groups in total. The van der Waals surface area contributed by atoms with E-state index >= 15 is 0 Å². The summed E-state index contributed by atoms with van der Waals surface area (Å²) in [5.74, 6) is 0. The maximum absolute atomic E-state index is 6.51. The third kappa shape index (κ3) is 4.39. The molecular weight excluding hydrogens is 451 g/mol. The summed E-state index contributed by atoms with van der Waals surface area (Å²) in [6.07, 6.45) is 0. The van der Waals surface area contributed by atoms with Gasteiger partial charge in [0.2, 0.25) is 0 Å². The van der Waals surface area contributed by atoms with Crippen molar-refractivity contribution in [3.8, 4) is 33.4 Å². The molecule has 0 saturated carbocycles. The third-order valence-corrected chi connectivity index (χ3v) is 7.94. The Morgan fingerprint density at radius 2 is 0.973 bits per heavy atom. The van der Waals surface area contributed by atoms with Gasteiger partial charge < -0.3 is 9.31 Å². The van der Waals surface area contributed by atoms with Crippen molar-refractivity contribution in [1.82, 2.24) is 0 Å². The van der Waals surface area contributed by atoms with Crippen molar-refractivity contribution in [2.45, 2.75) is 38.9 Å². The van der Waals surface area contributed by atoms with Gasteiger partial charge in [-0.05, 0) is 83.4 Å². The minimum absolute atomic E-state index is 0.405. The molecule has 37 heavy (non-hydrogen) atoms. The zero-order valence-corrected chi connectivity index (χ0v) is 21.9. The second-order valence-electron chi connectivity index (χ2n) is 10.9. The Morgan fingerprint density at radius 1 is 0.459 bits per heavy atom. The molecule has 0 unspecified atom stereocenters. The van der Waals surface area contributed by atoms with Gasteiger partial charge in [-0.1, -0.05) is 109 Å². The van der Waals surface area contributed by atoms with Gasteiger partial charge in [0.1, 0.15) is 0 Å². The van der Waals surface area contributed by atoms with Crippen LogP contribution in [-0.2, 0) is 9.31 Å². The monoisotopic (exact) mass is 482 g/mol. The van der Waals surface area contributed by atoms with Crippen molar-refractivity contribution in [3.63, 3.8) is 0 Å². The van der Waals surface area contributed by atoms with Gasteiger partial charge in [0, 0.05) is 0 Å². The first-order valence-corrected chi connectivity index (χ1v) is 13.0. The van der Waals surface area contributed by atoms with E-state index in [1.807, 2.05) is 6.07 Å². The fourth-order valence-corrected chi connectivity index (χ4v) is 5.01. The molecule has 5 aromatic carbocycles. The molecular formula is C34H31BO2. The highest BCUT2D eigenvalue weighted by Gasteiger charge is 2.52. The van der Waals surface area contributed by atoms with Gasteiger partial charge in [-0.25, -0.2) is 0 Å². The van der Waals surface area contributed by atoms with Gasteiger partial charge in [-0.3, -0.25) is 0 Å². The van der Waals surface area contributed by atoms with Crippen LogP contribution in [-0.4, -0.2) is 18.3 Å². The van der Waals surface area contributed by atoms with Gasteiger partial charge in [0.05, 0.1) is 11.2 Å². The van der Waals surface area contributed by atoms with Crippen LogP contribution in [0, 0.1) is 0 Å². The third-order valence-electron chi connectivity index (χ3n) is 7.94. The van der Waals surface area contributed by atoms with E-state index in [9.17, 15) is 0 Å². The van der Waals surface area contributed by atoms with Crippen LogP contribution >= 0.6 is 0 Å². The molecule has 1 aliphatic rings. The lowest BCUT2D eigenvalue weighted by atomic mass is 9.73. The largest absolute Gasteiger partial charge is 0.495 e. The smallest absolute Gasteiger partial charge is 0.399 e. The lowest BCUT2D eigenvalue weighted by molar-refractivity contribution is 0.00578. The van der Waals surface area contributed by atoms with E-state index in [0.717, 1.165) is 22.2 Å². The first kappa shape index (κ1) is 23.7. The van der Waals surface area contributed by atoms with Crippen LogP contribution in [0.2, 0.25) is 0 Å². The molecule has 0 atom stereocenters. The van der Waals surface area contributed by atoms with Crippen LogP contribution in [0.3, 0.4) is 0 Å². The summed E-state index contributed by atoms with van der Waals surface area (Å²) >= 11 is 0. The van der Waals surface area contributed by atoms with Gasteiger partial charge in [0.25, 0.3) is 0 Å². The molecule has 0 radical (unpaired) electrons. The van der Waals surface area contributed by atoms with Crippen LogP contribution in [0.15, 0.2) is 115 Å². The molecule has 1 aliphatic heterocycles. The summed E-state index contributed by atoms with van der Waals surface area (Å²) < 4.78 is 13.0. The van der Waals surface area contributed by atoms with Crippen LogP contribution in [0.5, 0.6) is 0 Å². The molecule has 0 spiro atoms. The standard InChI is InChI=1S/C34H31BO2/c1-33(2)34(3,4)37-35(36-33)32-23-30(24-10-6-5-7-11-24)20-21-31(32)27-17-14-26(15-18-27)29-19-16-25-12-8-9-13-28(25)22-29/h5-23H,1-4H3. The highest BCUT2D eigenvalue weighted by atomic mass is 16.7. The van der Waals surface area contributed by atoms with Gasteiger partial charge in [0.15, 0.2) is 0 Å². The number of hydrogen-bond acceptors (Lipinski definition) is 2. The van der Waals surface area contributed by atoms with Crippen LogP contribution in [0.4, 0.5) is 0 Å². The quantitative estimate of drug-likeness (QED) is 0.241. The predicted molar refractivity (Wildman–Crippen MR) is 156 cm³/mol. The molecule has 0 aliphatic carbocycles. The first-order chi connectivity index (χ1) is 17.8. The van der Waals surface area contributed by atoms with E-state index in [1.54, 1.807) is 0 Å². The molecule has 6 rings (SSSR count). The number of benzene rings is 5. The zero-order chi connectivity index (χ0) is 25.6. The second kappa shape index (κ2) is 9.02. The Hall–Kier alpha value is -3.66. The minimum atomic E-state index is -0.441. The molecule has 5 aromatic rings. The number of fused-ring (bicyclic) bond motifs is 1. The Labute approximate surface area is 220 Å². The molecule has 0 bridgehead atoms. The van der Waals surface area contributed by atoms with E-state index in [1.165, 1.54) is 27.5 Å². The maximum atomic E-state index is 6.51. The molecule has 2 nitrogen and oxygen atoms in total. The highest BCUT2D eigenvalue weighted by molar-refractivity contribution is 6.64. The van der Waals surface area contributed by atoms with Gasteiger partial charge in [-0.15, -0.1) is 0 Å². The van der Waals surface area contributed by atoms with Crippen molar-refractivity contribution in [1.29, 1.82) is 0 Å². The molecule has 0 amide bonds. The second-order valence-corrected chi connectivity index (χ2v) is 10.9. The van der Waals surface area contributed by atoms with E-state index in [2.05, 4.69) is 137 Å². The summed E-state index contributed by atoms with van der Waals surface area (Å²) in [5.41, 5.74) is 7.27. The van der Waals surface area contributed by atoms with E-state index in [0.29, 0.717) is 0 Å². The lowest BCUT2D eigenvalue weighted by Crippen LogP contribution is -2.41. The van der Waals surface area contributed by atoms with Crippen molar-refractivity contribution >= 4 is 23.4 Å².